The van der Waals surface area contributed by atoms with Crippen molar-refractivity contribution in [3.63, 3.8) is 0 Å². The predicted molar refractivity (Wildman–Crippen MR) is 122 cm³/mol. The Labute approximate surface area is 194 Å². The second kappa shape index (κ2) is 9.92. The number of carboxylic acids is 1. The number of halogens is 1. The third kappa shape index (κ3) is 5.62. The van der Waals surface area contributed by atoms with E-state index in [4.69, 9.17) is 25.9 Å². The van der Waals surface area contributed by atoms with Crippen LogP contribution in [0.25, 0.3) is 11.0 Å². The van der Waals surface area contributed by atoms with Crippen molar-refractivity contribution >= 4 is 34.5 Å². The average Bonchev–Trinajstić information content (AvgIpc) is 2.79. The van der Waals surface area contributed by atoms with Gasteiger partial charge in [0.25, 0.3) is 0 Å². The lowest BCUT2D eigenvalue weighted by Crippen LogP contribution is -2.45. The Kier molecular flexibility index (Phi) is 6.79. The highest BCUT2D eigenvalue weighted by Crippen LogP contribution is 2.24. The first-order chi connectivity index (χ1) is 15.9. The van der Waals surface area contributed by atoms with E-state index >= 15 is 0 Å². The number of carbonyl (C=O) groups excluding carboxylic acids is 1. The van der Waals surface area contributed by atoms with Crippen LogP contribution in [0.15, 0.2) is 63.4 Å². The van der Waals surface area contributed by atoms with Crippen LogP contribution < -0.4 is 10.4 Å². The molecule has 0 spiro atoms. The normalized spacial score (nSPS) is 14.3. The number of hydrogen-bond acceptors (Lipinski definition) is 7. The lowest BCUT2D eigenvalue weighted by molar-refractivity contribution is -0.136. The number of benzene rings is 2. The fraction of sp³-hybridized carbons (Fsp3) is 0.250. The number of fused-ring (bicyclic) bond motifs is 1. The summed E-state index contributed by atoms with van der Waals surface area (Å²) in [4.78, 5) is 38.4. The molecule has 1 saturated heterocycles. The minimum atomic E-state index is -1.04. The highest BCUT2D eigenvalue weighted by atomic mass is 35.5. The van der Waals surface area contributed by atoms with Crippen LogP contribution in [0.3, 0.4) is 0 Å². The van der Waals surface area contributed by atoms with E-state index in [9.17, 15) is 14.4 Å². The number of nitrogens with zero attached hydrogens (tertiary/aromatic N) is 2. The van der Waals surface area contributed by atoms with Gasteiger partial charge in [0.2, 0.25) is 0 Å². The zero-order valence-corrected chi connectivity index (χ0v) is 18.4. The lowest BCUT2D eigenvalue weighted by Gasteiger charge is -2.36. The predicted octanol–water partition coefficient (Wildman–Crippen LogP) is 2.94. The summed E-state index contributed by atoms with van der Waals surface area (Å²) in [6, 6.07) is 13.7. The lowest BCUT2D eigenvalue weighted by atomic mass is 10.1. The summed E-state index contributed by atoms with van der Waals surface area (Å²) < 4.78 is 11.0. The molecule has 0 aliphatic carbocycles. The maximum absolute atomic E-state index is 11.8. The molecule has 0 amide bonds. The van der Waals surface area contributed by atoms with Gasteiger partial charge in [-0.1, -0.05) is 23.7 Å². The molecule has 1 fully saturated rings. The Hall–Kier alpha value is -3.58. The summed E-state index contributed by atoms with van der Waals surface area (Å²) in [5.41, 5.74) is 1.60. The number of piperazine rings is 1. The standard InChI is InChI=1S/C24H21ClN2O6/c25-18-3-1-16(2-4-18)12-26-7-8-27(19(13-26)14-28)15-32-20-5-6-21-17(9-23(29)30)10-24(31)33-22(21)11-20/h1-6,10-11H,7-9,12-13,15H2,(H,29,30). The van der Waals surface area contributed by atoms with Crippen molar-refractivity contribution in [2.24, 2.45) is 0 Å². The van der Waals surface area contributed by atoms with Gasteiger partial charge < -0.3 is 19.2 Å². The molecule has 3 aromatic rings. The molecule has 8 nitrogen and oxygen atoms in total. The van der Waals surface area contributed by atoms with Crippen LogP contribution in [-0.2, 0) is 22.6 Å². The molecule has 0 atom stereocenters. The fourth-order valence-electron chi connectivity index (χ4n) is 3.77. The molecule has 0 bridgehead atoms. The van der Waals surface area contributed by atoms with Gasteiger partial charge in [-0.15, -0.1) is 0 Å². The topological polar surface area (TPSA) is 100 Å². The molecule has 0 radical (unpaired) electrons. The molecule has 33 heavy (non-hydrogen) atoms. The molecule has 1 aromatic heterocycles. The van der Waals surface area contributed by atoms with Gasteiger partial charge in [-0.2, -0.15) is 0 Å². The number of carboxylic acid groups (broad SMARTS) is 1. The zero-order valence-electron chi connectivity index (χ0n) is 17.6. The molecule has 1 N–H and O–H groups in total. The molecule has 9 heteroatoms. The van der Waals surface area contributed by atoms with Crippen LogP contribution in [0.5, 0.6) is 5.75 Å². The van der Waals surface area contributed by atoms with Gasteiger partial charge in [-0.05, 0) is 35.4 Å². The first-order valence-corrected chi connectivity index (χ1v) is 10.7. The molecular weight excluding hydrogens is 448 g/mol. The summed E-state index contributed by atoms with van der Waals surface area (Å²) in [5, 5.41) is 10.3. The van der Waals surface area contributed by atoms with Crippen LogP contribution >= 0.6 is 11.6 Å². The van der Waals surface area contributed by atoms with Crippen LogP contribution in [0.1, 0.15) is 11.1 Å². The Bertz CT molecular complexity index is 1280. The number of ether oxygens (including phenoxy) is 1. The van der Waals surface area contributed by atoms with E-state index in [1.165, 1.54) is 6.07 Å². The number of aliphatic carboxylic acids is 1. The quantitative estimate of drug-likeness (QED) is 0.417. The van der Waals surface area contributed by atoms with E-state index < -0.39 is 11.6 Å². The second-order valence-electron chi connectivity index (χ2n) is 7.74. The first kappa shape index (κ1) is 22.6. The molecule has 1 aliphatic heterocycles. The van der Waals surface area contributed by atoms with Crippen LogP contribution in [0.4, 0.5) is 0 Å². The third-order valence-electron chi connectivity index (χ3n) is 5.41. The first-order valence-electron chi connectivity index (χ1n) is 10.3. The maximum atomic E-state index is 11.8. The Morgan fingerprint density at radius 3 is 2.67 bits per heavy atom. The van der Waals surface area contributed by atoms with Gasteiger partial charge in [-0.25, -0.2) is 9.59 Å². The van der Waals surface area contributed by atoms with Crippen molar-refractivity contribution in [3.8, 4) is 5.75 Å². The molecular formula is C24H21ClN2O6. The van der Waals surface area contributed by atoms with Gasteiger partial charge in [0.05, 0.1) is 6.42 Å². The van der Waals surface area contributed by atoms with Crippen molar-refractivity contribution in [3.05, 3.63) is 80.8 Å². The number of rotatable bonds is 7. The van der Waals surface area contributed by atoms with E-state index in [0.29, 0.717) is 47.1 Å². The van der Waals surface area contributed by atoms with Gasteiger partial charge in [0.1, 0.15) is 23.0 Å². The van der Waals surface area contributed by atoms with Gasteiger partial charge in [-0.3, -0.25) is 9.69 Å². The Morgan fingerprint density at radius 2 is 1.94 bits per heavy atom. The Balaban J connectivity index is 1.41. The van der Waals surface area contributed by atoms with Crippen molar-refractivity contribution in [1.82, 2.24) is 9.80 Å². The van der Waals surface area contributed by atoms with Crippen LogP contribution in [0, 0.1) is 0 Å². The van der Waals surface area contributed by atoms with Crippen molar-refractivity contribution in [1.29, 1.82) is 0 Å². The number of carbonyl (C=O) groups is 1. The van der Waals surface area contributed by atoms with Crippen LogP contribution in [-0.4, -0.2) is 53.2 Å². The summed E-state index contributed by atoms with van der Waals surface area (Å²) in [6.07, 6.45) is -0.282. The van der Waals surface area contributed by atoms with Gasteiger partial charge in [0.15, 0.2) is 6.73 Å². The van der Waals surface area contributed by atoms with Crippen molar-refractivity contribution < 1.29 is 23.8 Å². The van der Waals surface area contributed by atoms with Gasteiger partial charge >= 0.3 is 11.6 Å². The summed E-state index contributed by atoms with van der Waals surface area (Å²) in [6.45, 7) is 2.59. The molecule has 0 unspecified atom stereocenters. The van der Waals surface area contributed by atoms with Crippen molar-refractivity contribution in [2.75, 3.05) is 26.4 Å². The van der Waals surface area contributed by atoms with Crippen molar-refractivity contribution in [2.45, 2.75) is 13.0 Å². The van der Waals surface area contributed by atoms with E-state index in [1.54, 1.807) is 18.2 Å². The molecule has 4 rings (SSSR count). The molecule has 170 valence electrons. The SMILES string of the molecule is O=C=C1CN(Cc2ccc(Cl)cc2)CCN1COc1ccc2c(CC(=O)O)cc(=O)oc2c1. The monoisotopic (exact) mass is 468 g/mol. The largest absolute Gasteiger partial charge is 0.481 e. The fourth-order valence-corrected chi connectivity index (χ4v) is 3.90. The summed E-state index contributed by atoms with van der Waals surface area (Å²) >= 11 is 5.94. The van der Waals surface area contributed by atoms with E-state index in [1.807, 2.05) is 35.1 Å². The molecule has 2 aromatic carbocycles. The van der Waals surface area contributed by atoms with Crippen LogP contribution in [0.2, 0.25) is 5.02 Å². The highest BCUT2D eigenvalue weighted by molar-refractivity contribution is 6.30. The minimum absolute atomic E-state index is 0.129. The molecule has 0 saturated carbocycles. The summed E-state index contributed by atoms with van der Waals surface area (Å²) in [5.74, 6) is 1.41. The second-order valence-corrected chi connectivity index (χ2v) is 8.18. The van der Waals surface area contributed by atoms with E-state index in [-0.39, 0.29) is 18.7 Å². The molecule has 1 aliphatic rings. The zero-order chi connectivity index (χ0) is 23.4. The molecule has 2 heterocycles. The third-order valence-corrected chi connectivity index (χ3v) is 5.66. The maximum Gasteiger partial charge on any atom is 0.336 e. The average molecular weight is 469 g/mol. The minimum Gasteiger partial charge on any atom is -0.481 e. The Morgan fingerprint density at radius 1 is 1.15 bits per heavy atom. The number of hydrogen-bond donors (Lipinski definition) is 1. The van der Waals surface area contributed by atoms with Gasteiger partial charge in [0, 0.05) is 48.7 Å². The van der Waals surface area contributed by atoms with E-state index in [0.717, 1.165) is 12.1 Å². The smallest absolute Gasteiger partial charge is 0.336 e. The summed E-state index contributed by atoms with van der Waals surface area (Å²) in [7, 11) is 0. The highest BCUT2D eigenvalue weighted by Gasteiger charge is 2.22. The van der Waals surface area contributed by atoms with E-state index in [2.05, 4.69) is 4.90 Å².